The molecule has 1 amide bonds. The molecule has 33 heavy (non-hydrogen) atoms. The van der Waals surface area contributed by atoms with Crippen molar-refractivity contribution in [3.63, 3.8) is 0 Å². The van der Waals surface area contributed by atoms with Gasteiger partial charge in [-0.25, -0.2) is 0 Å². The normalized spacial score (nSPS) is 18.2. The number of methoxy groups -OCH3 is 2. The smallest absolute Gasteiger partial charge is 0.298 e. The lowest BCUT2D eigenvalue weighted by Gasteiger charge is -2.31. The first-order valence-corrected chi connectivity index (χ1v) is 12.2. The molecule has 1 aliphatic heterocycles. The second kappa shape index (κ2) is 10.1. The van der Waals surface area contributed by atoms with E-state index < -0.39 is 22.1 Å². The summed E-state index contributed by atoms with van der Waals surface area (Å²) in [5.41, 5.74) is 1.38. The topological polar surface area (TPSA) is 103 Å². The Morgan fingerprint density at radius 2 is 1.79 bits per heavy atom. The summed E-state index contributed by atoms with van der Waals surface area (Å²) in [4.78, 5) is 12.9. The summed E-state index contributed by atoms with van der Waals surface area (Å²) >= 11 is 0. The summed E-state index contributed by atoms with van der Waals surface area (Å²) in [6.45, 7) is 6.73. The van der Waals surface area contributed by atoms with Gasteiger partial charge in [0.1, 0.15) is 4.90 Å². The van der Waals surface area contributed by atoms with Gasteiger partial charge in [0.25, 0.3) is 16.0 Å². The highest BCUT2D eigenvalue weighted by Gasteiger charge is 2.37. The molecule has 2 aromatic rings. The summed E-state index contributed by atoms with van der Waals surface area (Å²) < 4.78 is 41.0. The molecule has 1 aliphatic rings. The third-order valence-electron chi connectivity index (χ3n) is 5.60. The van der Waals surface area contributed by atoms with Gasteiger partial charge in [0.05, 0.1) is 14.2 Å². The molecule has 0 aliphatic carbocycles. The van der Waals surface area contributed by atoms with Crippen molar-refractivity contribution in [1.82, 2.24) is 10.6 Å². The molecule has 8 nitrogen and oxygen atoms in total. The third kappa shape index (κ3) is 6.25. The largest absolute Gasteiger partial charge is 0.493 e. The van der Waals surface area contributed by atoms with E-state index in [0.717, 1.165) is 0 Å². The first kappa shape index (κ1) is 25.0. The van der Waals surface area contributed by atoms with E-state index in [1.165, 1.54) is 25.8 Å². The van der Waals surface area contributed by atoms with Crippen LogP contribution in [0, 0.1) is 0 Å². The van der Waals surface area contributed by atoms with Gasteiger partial charge in [-0.2, -0.15) is 8.42 Å². The van der Waals surface area contributed by atoms with Gasteiger partial charge in [0.2, 0.25) is 0 Å². The highest BCUT2D eigenvalue weighted by molar-refractivity contribution is 7.87. The van der Waals surface area contributed by atoms with Crippen molar-refractivity contribution in [2.45, 2.75) is 62.7 Å². The molecular weight excluding hydrogens is 444 g/mol. The van der Waals surface area contributed by atoms with Crippen LogP contribution in [-0.2, 0) is 32.1 Å². The molecule has 0 saturated carbocycles. The van der Waals surface area contributed by atoms with Crippen LogP contribution in [0.15, 0.2) is 47.4 Å². The summed E-state index contributed by atoms with van der Waals surface area (Å²) in [6, 6.07) is 12.8. The Labute approximate surface area is 195 Å². The standard InChI is InChI=1S/C24H32N2O6S/c1-16(14-24(2,3)25-15-17-9-7-6-8-10-17)26-23(27)21-12-18-11-19(30-4)20(31-5)13-22(18)33(28,29)32-21/h6-11,13,16,21,25H,12,14-15H2,1-5H3,(H,26,27). The number of ether oxygens (including phenoxy) is 2. The third-order valence-corrected chi connectivity index (χ3v) is 7.00. The van der Waals surface area contributed by atoms with Crippen molar-refractivity contribution in [2.75, 3.05) is 14.2 Å². The molecule has 9 heteroatoms. The van der Waals surface area contributed by atoms with Gasteiger partial charge in [0, 0.05) is 30.6 Å². The van der Waals surface area contributed by atoms with Crippen LogP contribution in [0.3, 0.4) is 0 Å². The summed E-state index contributed by atoms with van der Waals surface area (Å²) in [6.07, 6.45) is -0.390. The number of carbonyl (C=O) groups is 1. The maximum Gasteiger partial charge on any atom is 0.298 e. The summed E-state index contributed by atoms with van der Waals surface area (Å²) in [7, 11) is -1.22. The Kier molecular flexibility index (Phi) is 7.66. The van der Waals surface area contributed by atoms with Gasteiger partial charge in [0.15, 0.2) is 17.6 Å². The maximum absolute atomic E-state index is 12.9. The van der Waals surface area contributed by atoms with E-state index in [1.807, 2.05) is 25.1 Å². The zero-order valence-electron chi connectivity index (χ0n) is 19.7. The molecular formula is C24H32N2O6S. The van der Waals surface area contributed by atoms with Crippen molar-refractivity contribution in [2.24, 2.45) is 0 Å². The highest BCUT2D eigenvalue weighted by Crippen LogP contribution is 2.37. The fourth-order valence-electron chi connectivity index (χ4n) is 4.03. The van der Waals surface area contributed by atoms with Crippen LogP contribution in [-0.4, -0.2) is 46.2 Å². The van der Waals surface area contributed by atoms with Gasteiger partial charge >= 0.3 is 0 Å². The molecule has 2 atom stereocenters. The Morgan fingerprint density at radius 3 is 2.42 bits per heavy atom. The first-order valence-electron chi connectivity index (χ1n) is 10.8. The van der Waals surface area contributed by atoms with E-state index in [9.17, 15) is 13.2 Å². The van der Waals surface area contributed by atoms with Crippen molar-refractivity contribution in [3.05, 3.63) is 53.6 Å². The minimum absolute atomic E-state index is 0.0107. The van der Waals surface area contributed by atoms with Gasteiger partial charge < -0.3 is 20.1 Å². The zero-order chi connectivity index (χ0) is 24.2. The van der Waals surface area contributed by atoms with Crippen molar-refractivity contribution < 1.29 is 26.9 Å². The number of amides is 1. The SMILES string of the molecule is COc1cc2c(cc1OC)S(=O)(=O)OC(C(=O)NC(C)CC(C)(C)NCc1ccccc1)C2. The molecule has 0 radical (unpaired) electrons. The van der Waals surface area contributed by atoms with Crippen LogP contribution < -0.4 is 20.1 Å². The minimum atomic E-state index is -4.11. The average molecular weight is 477 g/mol. The molecule has 3 rings (SSSR count). The number of hydrogen-bond acceptors (Lipinski definition) is 7. The lowest BCUT2D eigenvalue weighted by Crippen LogP contribution is -2.49. The first-order chi connectivity index (χ1) is 15.5. The number of hydrogen-bond donors (Lipinski definition) is 2. The molecule has 0 fully saturated rings. The monoisotopic (exact) mass is 476 g/mol. The molecule has 2 N–H and O–H groups in total. The molecule has 2 aromatic carbocycles. The molecule has 180 valence electrons. The van der Waals surface area contributed by atoms with Crippen LogP contribution in [0.5, 0.6) is 11.5 Å². The molecule has 0 spiro atoms. The fourth-order valence-corrected chi connectivity index (χ4v) is 5.31. The van der Waals surface area contributed by atoms with E-state index >= 15 is 0 Å². The van der Waals surface area contributed by atoms with E-state index in [1.54, 1.807) is 6.07 Å². The number of benzene rings is 2. The second-order valence-corrected chi connectivity index (χ2v) is 10.4. The maximum atomic E-state index is 12.9. The van der Waals surface area contributed by atoms with Crippen molar-refractivity contribution in [1.29, 1.82) is 0 Å². The Morgan fingerprint density at radius 1 is 1.15 bits per heavy atom. The van der Waals surface area contributed by atoms with Crippen LogP contribution >= 0.6 is 0 Å². The lowest BCUT2D eigenvalue weighted by molar-refractivity contribution is -0.128. The Hall–Kier alpha value is -2.62. The quantitative estimate of drug-likeness (QED) is 0.537. The summed E-state index contributed by atoms with van der Waals surface area (Å²) in [5.74, 6) is 0.211. The second-order valence-electron chi connectivity index (χ2n) is 8.89. The Balaban J connectivity index is 1.64. The molecule has 2 unspecified atom stereocenters. The predicted octanol–water partition coefficient (Wildman–Crippen LogP) is 2.80. The average Bonchev–Trinajstić information content (AvgIpc) is 2.76. The van der Waals surface area contributed by atoms with Crippen molar-refractivity contribution >= 4 is 16.0 Å². The van der Waals surface area contributed by atoms with Crippen molar-refractivity contribution in [3.8, 4) is 11.5 Å². The molecule has 0 aromatic heterocycles. The fraction of sp³-hybridized carbons (Fsp3) is 0.458. The van der Waals surface area contributed by atoms with Crippen LogP contribution in [0.25, 0.3) is 0 Å². The minimum Gasteiger partial charge on any atom is -0.493 e. The number of nitrogens with one attached hydrogen (secondary N) is 2. The van der Waals surface area contributed by atoms with E-state index in [-0.39, 0.29) is 28.6 Å². The number of carbonyl (C=O) groups excluding carboxylic acids is 1. The van der Waals surface area contributed by atoms with Crippen LogP contribution in [0.2, 0.25) is 0 Å². The molecule has 0 saturated heterocycles. The van der Waals surface area contributed by atoms with E-state index in [2.05, 4.69) is 36.6 Å². The molecule has 1 heterocycles. The zero-order valence-corrected chi connectivity index (χ0v) is 20.5. The lowest BCUT2D eigenvalue weighted by atomic mass is 9.95. The number of fused-ring (bicyclic) bond motifs is 1. The van der Waals surface area contributed by atoms with Gasteiger partial charge in [-0.15, -0.1) is 0 Å². The van der Waals surface area contributed by atoms with Crippen LogP contribution in [0.1, 0.15) is 38.3 Å². The Bertz CT molecular complexity index is 1090. The number of rotatable bonds is 9. The van der Waals surface area contributed by atoms with E-state index in [4.69, 9.17) is 13.7 Å². The van der Waals surface area contributed by atoms with Crippen LogP contribution in [0.4, 0.5) is 0 Å². The predicted molar refractivity (Wildman–Crippen MR) is 125 cm³/mol. The summed E-state index contributed by atoms with van der Waals surface area (Å²) in [5, 5.41) is 6.40. The van der Waals surface area contributed by atoms with Gasteiger partial charge in [-0.05, 0) is 44.4 Å². The highest BCUT2D eigenvalue weighted by atomic mass is 32.2. The van der Waals surface area contributed by atoms with Gasteiger partial charge in [-0.3, -0.25) is 8.98 Å². The van der Waals surface area contributed by atoms with E-state index in [0.29, 0.717) is 24.3 Å². The molecule has 0 bridgehead atoms. The van der Waals surface area contributed by atoms with Gasteiger partial charge in [-0.1, -0.05) is 30.3 Å².